The minimum Gasteiger partial charge on any atom is -0.481 e. The molecule has 0 aliphatic rings. The molecule has 220 valence electrons. The van der Waals surface area contributed by atoms with E-state index < -0.39 is 41.1 Å². The summed E-state index contributed by atoms with van der Waals surface area (Å²) in [4.78, 5) is 77.3. The zero-order valence-corrected chi connectivity index (χ0v) is 21.6. The van der Waals surface area contributed by atoms with Gasteiger partial charge >= 0.3 is 5.69 Å². The Morgan fingerprint density at radius 2 is 1.05 bits per heavy atom. The Morgan fingerprint density at radius 1 is 0.737 bits per heavy atom. The fraction of sp³-hybridized carbons (Fsp3) is 0.474. The Kier molecular flexibility index (Phi) is 34.8. The van der Waals surface area contributed by atoms with Gasteiger partial charge in [-0.1, -0.05) is 0 Å². The first kappa shape index (κ1) is 43.5. The summed E-state index contributed by atoms with van der Waals surface area (Å²) < 4.78 is 0. The molecule has 0 spiro atoms. The van der Waals surface area contributed by atoms with Crippen LogP contribution in [0.4, 0.5) is 0 Å². The van der Waals surface area contributed by atoms with Crippen molar-refractivity contribution in [3.05, 3.63) is 27.2 Å². The molecule has 0 bridgehead atoms. The van der Waals surface area contributed by atoms with E-state index in [-0.39, 0.29) is 11.2 Å². The molecule has 2 aromatic rings. The molecule has 0 radical (unpaired) electrons. The lowest BCUT2D eigenvalue weighted by Gasteiger charge is -1.95. The molecule has 0 saturated heterocycles. The first-order valence-corrected chi connectivity index (χ1v) is 10.1. The second-order valence-corrected chi connectivity index (χ2v) is 5.96. The third kappa shape index (κ3) is 63.4. The van der Waals surface area contributed by atoms with Crippen LogP contribution in [0.2, 0.25) is 0 Å². The average Bonchev–Trinajstić information content (AvgIpc) is 3.15. The van der Waals surface area contributed by atoms with E-state index in [1.165, 1.54) is 6.33 Å². The Balaban J connectivity index is -0.000000119. The third-order valence-electron chi connectivity index (χ3n) is 1.97. The average molecular weight is 556 g/mol. The summed E-state index contributed by atoms with van der Waals surface area (Å²) in [5.41, 5.74) is 9.89. The lowest BCUT2D eigenvalue weighted by molar-refractivity contribution is -0.135. The van der Waals surface area contributed by atoms with Crippen LogP contribution in [0.15, 0.2) is 15.9 Å². The lowest BCUT2D eigenvalue weighted by atomic mass is 10.5. The lowest BCUT2D eigenvalue weighted by Crippen LogP contribution is -2.27. The highest BCUT2D eigenvalue weighted by Gasteiger charge is 1.99. The molecule has 2 aromatic heterocycles. The van der Waals surface area contributed by atoms with Gasteiger partial charge in [0.25, 0.3) is 35.4 Å². The number of nitrogens with two attached hydrogens (primary N) is 2. The number of aromatic nitrogens is 4. The zero-order chi connectivity index (χ0) is 31.3. The number of H-pyrrole nitrogens is 3. The fourth-order valence-electron chi connectivity index (χ4n) is 1.20. The van der Waals surface area contributed by atoms with Crippen LogP contribution in [0.1, 0.15) is 34.6 Å². The molecule has 0 aliphatic heterocycles. The molecule has 0 atom stereocenters. The van der Waals surface area contributed by atoms with E-state index >= 15 is 0 Å². The summed E-state index contributed by atoms with van der Waals surface area (Å²) in [5, 5.41) is 40.1. The van der Waals surface area contributed by atoms with Crippen LogP contribution in [0, 0.1) is 0 Å². The molecule has 0 aromatic carbocycles. The Hall–Kier alpha value is -4.62. The van der Waals surface area contributed by atoms with E-state index in [2.05, 4.69) is 25.3 Å². The smallest absolute Gasteiger partial charge is 0.327 e. The minimum absolute atomic E-state index is 0.277. The van der Waals surface area contributed by atoms with Crippen LogP contribution in [-0.4, -0.2) is 101 Å². The maximum Gasteiger partial charge on any atom is 0.327 e. The first-order chi connectivity index (χ1) is 17.3. The van der Waals surface area contributed by atoms with Crippen molar-refractivity contribution in [1.29, 1.82) is 0 Å². The van der Waals surface area contributed by atoms with Crippen LogP contribution in [0.3, 0.4) is 0 Å². The number of carbonyl (C=O) groups is 5. The van der Waals surface area contributed by atoms with Gasteiger partial charge < -0.3 is 47.3 Å². The van der Waals surface area contributed by atoms with Crippen LogP contribution in [0.5, 0.6) is 0 Å². The molecule has 0 fully saturated rings. The summed E-state index contributed by atoms with van der Waals surface area (Å²) in [6.45, 7) is 8.55. The predicted molar refractivity (Wildman–Crippen MR) is 135 cm³/mol. The van der Waals surface area contributed by atoms with Crippen molar-refractivity contribution >= 4 is 41.0 Å². The number of fused-ring (bicyclic) bond motifs is 1. The molecule has 0 aliphatic carbocycles. The minimum atomic E-state index is -0.833. The number of rotatable bonds is 4. The second kappa shape index (κ2) is 30.4. The van der Waals surface area contributed by atoms with Crippen molar-refractivity contribution in [2.45, 2.75) is 34.6 Å². The van der Waals surface area contributed by atoms with E-state index in [1.807, 2.05) is 0 Å². The molecule has 13 N–H and O–H groups in total. The zero-order valence-electron chi connectivity index (χ0n) is 21.6. The molecule has 0 saturated carbocycles. The van der Waals surface area contributed by atoms with Crippen molar-refractivity contribution in [3.63, 3.8) is 0 Å². The number of nitrogens with one attached hydrogen (secondary N) is 4. The Bertz CT molecular complexity index is 937. The highest BCUT2D eigenvalue weighted by molar-refractivity contribution is 5.67. The van der Waals surface area contributed by atoms with E-state index in [0.29, 0.717) is 13.1 Å². The van der Waals surface area contributed by atoms with Gasteiger partial charge in [-0.3, -0.25) is 38.7 Å². The standard InChI is InChI=1S/C5H4N4O2.C4H13N3.5C2H4O2/c10-4-2-3(7-1-6-2)8-5(11)9-4;5-1-3-7-4-2-6;5*1-2(3)4/h1H,(H3,6,7,8,9,10,11);7H,1-6H2;5*1H3,(H,3,4). The molecule has 19 nitrogen and oxygen atoms in total. The van der Waals surface area contributed by atoms with E-state index in [0.717, 1.165) is 47.7 Å². The number of hydrogen-bond acceptors (Lipinski definition) is 11. The van der Waals surface area contributed by atoms with Gasteiger partial charge in [-0.05, 0) is 0 Å². The maximum atomic E-state index is 10.9. The number of carboxylic acids is 5. The quantitative estimate of drug-likeness (QED) is 0.180. The van der Waals surface area contributed by atoms with Gasteiger partial charge in [0.1, 0.15) is 5.52 Å². The SMILES string of the molecule is CC(=O)O.CC(=O)O.CC(=O)O.CC(=O)O.CC(=O)O.NCCNCCN.O=c1[nH]c(=O)c2[nH]cnc2[nH]1. The van der Waals surface area contributed by atoms with Gasteiger partial charge in [-0.25, -0.2) is 9.78 Å². The van der Waals surface area contributed by atoms with Crippen molar-refractivity contribution in [3.8, 4) is 0 Å². The van der Waals surface area contributed by atoms with Gasteiger partial charge in [0, 0.05) is 60.8 Å². The van der Waals surface area contributed by atoms with Gasteiger partial charge in [-0.2, -0.15) is 0 Å². The highest BCUT2D eigenvalue weighted by Crippen LogP contribution is 1.92. The van der Waals surface area contributed by atoms with Crippen LogP contribution >= 0.6 is 0 Å². The predicted octanol–water partition coefficient (Wildman–Crippen LogP) is -2.11. The van der Waals surface area contributed by atoms with Crippen molar-refractivity contribution in [2.75, 3.05) is 26.2 Å². The molecule has 0 unspecified atom stereocenters. The molecule has 38 heavy (non-hydrogen) atoms. The maximum absolute atomic E-state index is 10.9. The van der Waals surface area contributed by atoms with Crippen LogP contribution < -0.4 is 28.0 Å². The summed E-state index contributed by atoms with van der Waals surface area (Å²) in [6.07, 6.45) is 1.34. The van der Waals surface area contributed by atoms with Crippen LogP contribution in [0.25, 0.3) is 11.2 Å². The summed E-state index contributed by atoms with van der Waals surface area (Å²) in [5.74, 6) is -4.17. The Labute approximate surface area is 215 Å². The monoisotopic (exact) mass is 555 g/mol. The molecular formula is C19H37N7O12. The normalized spacial score (nSPS) is 8.08. The highest BCUT2D eigenvalue weighted by atomic mass is 16.4. The molecule has 19 heteroatoms. The first-order valence-electron chi connectivity index (χ1n) is 10.1. The number of aromatic amines is 3. The van der Waals surface area contributed by atoms with Gasteiger partial charge in [0.15, 0.2) is 5.65 Å². The second-order valence-electron chi connectivity index (χ2n) is 5.96. The van der Waals surface area contributed by atoms with Gasteiger partial charge in [0.05, 0.1) is 6.33 Å². The van der Waals surface area contributed by atoms with Crippen LogP contribution in [-0.2, 0) is 24.0 Å². The van der Waals surface area contributed by atoms with Crippen molar-refractivity contribution in [2.24, 2.45) is 11.5 Å². The number of nitrogens with zero attached hydrogens (tertiary/aromatic N) is 1. The van der Waals surface area contributed by atoms with Crippen molar-refractivity contribution < 1.29 is 49.5 Å². The summed E-state index contributed by atoms with van der Waals surface area (Å²) in [6, 6.07) is 0. The molecular weight excluding hydrogens is 518 g/mol. The van der Waals surface area contributed by atoms with Crippen molar-refractivity contribution in [1.82, 2.24) is 25.3 Å². The number of hydrogen-bond donors (Lipinski definition) is 11. The molecule has 2 heterocycles. The Morgan fingerprint density at radius 3 is 1.34 bits per heavy atom. The topological polar surface area (TPSA) is 345 Å². The summed E-state index contributed by atoms with van der Waals surface area (Å²) in [7, 11) is 0. The van der Waals surface area contributed by atoms with E-state index in [9.17, 15) is 9.59 Å². The third-order valence-corrected chi connectivity index (χ3v) is 1.97. The number of aliphatic carboxylic acids is 5. The largest absolute Gasteiger partial charge is 0.481 e. The van der Waals surface area contributed by atoms with E-state index in [1.54, 1.807) is 0 Å². The fourth-order valence-corrected chi connectivity index (χ4v) is 1.20. The number of carboxylic acid groups (broad SMARTS) is 5. The molecule has 2 rings (SSSR count). The summed E-state index contributed by atoms with van der Waals surface area (Å²) >= 11 is 0. The van der Waals surface area contributed by atoms with Gasteiger partial charge in [0.2, 0.25) is 0 Å². The number of imidazole rings is 1. The van der Waals surface area contributed by atoms with Gasteiger partial charge in [-0.15, -0.1) is 0 Å². The molecule has 0 amide bonds. The van der Waals surface area contributed by atoms with E-state index in [4.69, 9.17) is 61.0 Å².